The lowest BCUT2D eigenvalue weighted by Crippen LogP contribution is -2.47. The topological polar surface area (TPSA) is 53.5 Å². The zero-order valence-corrected chi connectivity index (χ0v) is 17.9. The minimum atomic E-state index is 0.0891. The lowest BCUT2D eigenvalue weighted by molar-refractivity contribution is -0.141. The van der Waals surface area contributed by atoms with Gasteiger partial charge in [0.05, 0.1) is 16.0 Å². The van der Waals surface area contributed by atoms with Crippen molar-refractivity contribution in [3.8, 4) is 0 Å². The second-order valence-electron chi connectivity index (χ2n) is 7.92. The predicted octanol–water partition coefficient (Wildman–Crippen LogP) is 3.89. The SMILES string of the molecule is CC1CCCN(C(=O)C2CCN(C(=O)CSc3nc4ccccc4s3)CC2)C1. The Kier molecular flexibility index (Phi) is 6.21. The number of carbonyl (C=O) groups excluding carboxylic acids is 2. The lowest BCUT2D eigenvalue weighted by Gasteiger charge is -2.37. The zero-order valence-electron chi connectivity index (χ0n) is 16.3. The Morgan fingerprint density at radius 2 is 1.93 bits per heavy atom. The molecular weight excluding hydrogens is 390 g/mol. The van der Waals surface area contributed by atoms with Gasteiger partial charge in [0.1, 0.15) is 0 Å². The number of hydrogen-bond acceptors (Lipinski definition) is 5. The Morgan fingerprint density at radius 1 is 1.14 bits per heavy atom. The number of carbonyl (C=O) groups is 2. The molecule has 2 fully saturated rings. The van der Waals surface area contributed by atoms with Crippen LogP contribution in [0.2, 0.25) is 0 Å². The van der Waals surface area contributed by atoms with Crippen LogP contribution in [-0.4, -0.2) is 58.5 Å². The zero-order chi connectivity index (χ0) is 19.5. The molecule has 2 saturated heterocycles. The molecule has 1 aromatic carbocycles. The summed E-state index contributed by atoms with van der Waals surface area (Å²) in [7, 11) is 0. The molecule has 2 amide bonds. The molecule has 2 aliphatic heterocycles. The normalized spacial score (nSPS) is 21.2. The summed E-state index contributed by atoms with van der Waals surface area (Å²) in [5, 5.41) is 0. The van der Waals surface area contributed by atoms with Gasteiger partial charge in [0.2, 0.25) is 11.8 Å². The molecule has 0 radical (unpaired) electrons. The van der Waals surface area contributed by atoms with Crippen LogP contribution in [0.4, 0.5) is 0 Å². The largest absolute Gasteiger partial charge is 0.342 e. The number of hydrogen-bond donors (Lipinski definition) is 0. The third-order valence-electron chi connectivity index (χ3n) is 5.76. The van der Waals surface area contributed by atoms with E-state index in [-0.39, 0.29) is 11.8 Å². The molecule has 2 aromatic rings. The van der Waals surface area contributed by atoms with Gasteiger partial charge in [-0.1, -0.05) is 30.8 Å². The number of para-hydroxylation sites is 1. The summed E-state index contributed by atoms with van der Waals surface area (Å²) in [6.07, 6.45) is 3.93. The van der Waals surface area contributed by atoms with Crippen molar-refractivity contribution >= 4 is 45.1 Å². The van der Waals surface area contributed by atoms with E-state index in [1.54, 1.807) is 11.3 Å². The Balaban J connectivity index is 1.25. The van der Waals surface area contributed by atoms with Gasteiger partial charge >= 0.3 is 0 Å². The summed E-state index contributed by atoms with van der Waals surface area (Å²) in [4.78, 5) is 33.9. The van der Waals surface area contributed by atoms with Crippen molar-refractivity contribution in [2.24, 2.45) is 11.8 Å². The monoisotopic (exact) mass is 417 g/mol. The fourth-order valence-corrected chi connectivity index (χ4v) is 6.12. The average Bonchev–Trinajstić information content (AvgIpc) is 3.14. The number of rotatable bonds is 4. The second kappa shape index (κ2) is 8.82. The predicted molar refractivity (Wildman–Crippen MR) is 115 cm³/mol. The van der Waals surface area contributed by atoms with Gasteiger partial charge in [0, 0.05) is 32.1 Å². The number of benzene rings is 1. The van der Waals surface area contributed by atoms with Crippen molar-refractivity contribution in [1.82, 2.24) is 14.8 Å². The first kappa shape index (κ1) is 19.7. The Hall–Kier alpha value is -1.60. The molecule has 1 unspecified atom stereocenters. The fourth-order valence-electron chi connectivity index (χ4n) is 4.15. The van der Waals surface area contributed by atoms with Crippen LogP contribution in [0.25, 0.3) is 10.2 Å². The smallest absolute Gasteiger partial charge is 0.233 e. The number of fused-ring (bicyclic) bond motifs is 1. The van der Waals surface area contributed by atoms with Crippen molar-refractivity contribution in [3.63, 3.8) is 0 Å². The Bertz CT molecular complexity index is 812. The van der Waals surface area contributed by atoms with Crippen molar-refractivity contribution in [1.29, 1.82) is 0 Å². The molecule has 0 N–H and O–H groups in total. The molecular formula is C21H27N3O2S2. The number of piperidine rings is 2. The number of thiazole rings is 1. The number of aromatic nitrogens is 1. The van der Waals surface area contributed by atoms with Crippen LogP contribution >= 0.6 is 23.1 Å². The number of nitrogens with zero attached hydrogens (tertiary/aromatic N) is 3. The van der Waals surface area contributed by atoms with E-state index in [2.05, 4.69) is 22.9 Å². The number of likely N-dealkylation sites (tertiary alicyclic amines) is 2. The Morgan fingerprint density at radius 3 is 2.68 bits per heavy atom. The maximum atomic E-state index is 12.8. The van der Waals surface area contributed by atoms with Gasteiger partial charge in [-0.15, -0.1) is 11.3 Å². The summed E-state index contributed by atoms with van der Waals surface area (Å²) < 4.78 is 2.10. The molecule has 28 heavy (non-hydrogen) atoms. The van der Waals surface area contributed by atoms with Crippen LogP contribution in [0.5, 0.6) is 0 Å². The summed E-state index contributed by atoms with van der Waals surface area (Å²) in [6, 6.07) is 8.06. The molecule has 0 saturated carbocycles. The fraction of sp³-hybridized carbons (Fsp3) is 0.571. The average molecular weight is 418 g/mol. The van der Waals surface area contributed by atoms with E-state index in [0.717, 1.165) is 46.9 Å². The van der Waals surface area contributed by atoms with Gasteiger partial charge in [-0.3, -0.25) is 9.59 Å². The van der Waals surface area contributed by atoms with Gasteiger partial charge in [0.15, 0.2) is 4.34 Å². The molecule has 0 bridgehead atoms. The maximum Gasteiger partial charge on any atom is 0.233 e. The van der Waals surface area contributed by atoms with E-state index in [1.165, 1.54) is 18.2 Å². The van der Waals surface area contributed by atoms with E-state index in [9.17, 15) is 9.59 Å². The highest BCUT2D eigenvalue weighted by atomic mass is 32.2. The van der Waals surface area contributed by atoms with Gasteiger partial charge in [0.25, 0.3) is 0 Å². The molecule has 2 aliphatic rings. The minimum absolute atomic E-state index is 0.0891. The van der Waals surface area contributed by atoms with Crippen LogP contribution < -0.4 is 0 Å². The third-order valence-corrected chi connectivity index (χ3v) is 7.92. The molecule has 0 spiro atoms. The van der Waals surface area contributed by atoms with Crippen LogP contribution in [0.3, 0.4) is 0 Å². The molecule has 0 aliphatic carbocycles. The first-order chi connectivity index (χ1) is 13.6. The van der Waals surface area contributed by atoms with Gasteiger partial charge < -0.3 is 9.80 Å². The summed E-state index contributed by atoms with van der Waals surface area (Å²) in [5.41, 5.74) is 0.994. The first-order valence-electron chi connectivity index (χ1n) is 10.1. The number of amides is 2. The van der Waals surface area contributed by atoms with E-state index >= 15 is 0 Å². The van der Waals surface area contributed by atoms with Crippen LogP contribution in [-0.2, 0) is 9.59 Å². The number of thioether (sulfide) groups is 1. The quantitative estimate of drug-likeness (QED) is 0.709. The van der Waals surface area contributed by atoms with Crippen LogP contribution in [0, 0.1) is 11.8 Å². The highest BCUT2D eigenvalue weighted by Crippen LogP contribution is 2.30. The van der Waals surface area contributed by atoms with E-state index in [0.29, 0.717) is 30.7 Å². The molecule has 5 nitrogen and oxygen atoms in total. The highest BCUT2D eigenvalue weighted by Gasteiger charge is 2.31. The van der Waals surface area contributed by atoms with Crippen LogP contribution in [0.15, 0.2) is 28.6 Å². The molecule has 1 atom stereocenters. The standard InChI is InChI=1S/C21H27N3O2S2/c1-15-5-4-10-24(13-15)20(26)16-8-11-23(12-9-16)19(25)14-27-21-22-17-6-2-3-7-18(17)28-21/h2-3,6-7,15-16H,4-5,8-14H2,1H3. The van der Waals surface area contributed by atoms with Gasteiger partial charge in [-0.25, -0.2) is 4.98 Å². The lowest BCUT2D eigenvalue weighted by atomic mass is 9.93. The molecule has 1 aromatic heterocycles. The van der Waals surface area contributed by atoms with Crippen molar-refractivity contribution in [2.45, 2.75) is 36.9 Å². The maximum absolute atomic E-state index is 12.8. The van der Waals surface area contributed by atoms with Gasteiger partial charge in [-0.2, -0.15) is 0 Å². The summed E-state index contributed by atoms with van der Waals surface area (Å²) in [5.74, 6) is 1.58. The van der Waals surface area contributed by atoms with Crippen molar-refractivity contribution < 1.29 is 9.59 Å². The Labute approximate surface area is 174 Å². The van der Waals surface area contributed by atoms with E-state index < -0.39 is 0 Å². The second-order valence-corrected chi connectivity index (χ2v) is 10.2. The summed E-state index contributed by atoms with van der Waals surface area (Å²) in [6.45, 7) is 5.42. The third kappa shape index (κ3) is 4.51. The molecule has 4 rings (SSSR count). The molecule has 150 valence electrons. The first-order valence-corrected chi connectivity index (χ1v) is 12.0. The molecule has 7 heteroatoms. The van der Waals surface area contributed by atoms with Crippen molar-refractivity contribution in [2.75, 3.05) is 31.9 Å². The van der Waals surface area contributed by atoms with E-state index in [4.69, 9.17) is 0 Å². The highest BCUT2D eigenvalue weighted by molar-refractivity contribution is 8.01. The minimum Gasteiger partial charge on any atom is -0.342 e. The van der Waals surface area contributed by atoms with Crippen LogP contribution in [0.1, 0.15) is 32.6 Å². The van der Waals surface area contributed by atoms with Gasteiger partial charge in [-0.05, 0) is 43.7 Å². The molecule has 3 heterocycles. The summed E-state index contributed by atoms with van der Waals surface area (Å²) >= 11 is 3.16. The van der Waals surface area contributed by atoms with Crippen molar-refractivity contribution in [3.05, 3.63) is 24.3 Å². The van der Waals surface area contributed by atoms with E-state index in [1.807, 2.05) is 23.1 Å².